The molecular weight excluding hydrogens is 342 g/mol. The van der Waals surface area contributed by atoms with Gasteiger partial charge in [-0.25, -0.2) is 0 Å². The minimum Gasteiger partial charge on any atom is -0.466 e. The Bertz CT molecular complexity index is 692. The Morgan fingerprint density at radius 3 is 2.40 bits per heavy atom. The van der Waals surface area contributed by atoms with Crippen molar-refractivity contribution in [1.29, 1.82) is 0 Å². The third kappa shape index (κ3) is 2.76. The average Bonchev–Trinajstić information content (AvgIpc) is 2.60. The van der Waals surface area contributed by atoms with Gasteiger partial charge in [0.05, 0.1) is 11.3 Å². The van der Waals surface area contributed by atoms with Crippen LogP contribution in [0.25, 0.3) is 0 Å². The summed E-state index contributed by atoms with van der Waals surface area (Å²) in [5.74, 6) is 1.18. The first-order valence-corrected chi connectivity index (χ1v) is 7.32. The molecule has 0 saturated carbocycles. The molecule has 1 aromatic carbocycles. The molecule has 1 N–H and O–H groups in total. The van der Waals surface area contributed by atoms with Crippen molar-refractivity contribution in [3.05, 3.63) is 49.8 Å². The molecule has 1 amide bonds. The SMILES string of the molecule is Cc1cc(Br)c(NC(=O)c2c(C)oc(C)c2C)cc1Cl. The molecule has 0 saturated heterocycles. The number of benzene rings is 1. The van der Waals surface area contributed by atoms with Crippen LogP contribution in [-0.2, 0) is 0 Å². The van der Waals surface area contributed by atoms with Crippen molar-refractivity contribution >= 4 is 39.1 Å². The van der Waals surface area contributed by atoms with Gasteiger partial charge in [0.25, 0.3) is 5.91 Å². The fourth-order valence-corrected chi connectivity index (χ4v) is 2.77. The highest BCUT2D eigenvalue weighted by Crippen LogP contribution is 2.30. The van der Waals surface area contributed by atoms with Gasteiger partial charge in [-0.1, -0.05) is 11.6 Å². The maximum Gasteiger partial charge on any atom is 0.259 e. The molecule has 2 aromatic rings. The zero-order chi connectivity index (χ0) is 15.0. The van der Waals surface area contributed by atoms with E-state index < -0.39 is 0 Å². The highest BCUT2D eigenvalue weighted by Gasteiger charge is 2.19. The van der Waals surface area contributed by atoms with E-state index >= 15 is 0 Å². The Kier molecular flexibility index (Phi) is 4.25. The van der Waals surface area contributed by atoms with Crippen LogP contribution in [0.15, 0.2) is 21.0 Å². The fourth-order valence-electron chi connectivity index (χ4n) is 2.05. The number of rotatable bonds is 2. The molecule has 5 heteroatoms. The number of hydrogen-bond donors (Lipinski definition) is 1. The van der Waals surface area contributed by atoms with Gasteiger partial charge in [0.2, 0.25) is 0 Å². The van der Waals surface area contributed by atoms with Crippen molar-refractivity contribution < 1.29 is 9.21 Å². The summed E-state index contributed by atoms with van der Waals surface area (Å²) < 4.78 is 6.27. The normalized spacial score (nSPS) is 10.7. The number of aryl methyl sites for hydroxylation is 3. The van der Waals surface area contributed by atoms with Gasteiger partial charge in [-0.3, -0.25) is 4.79 Å². The van der Waals surface area contributed by atoms with Gasteiger partial charge in [-0.05, 0) is 61.3 Å². The molecule has 0 aliphatic carbocycles. The molecule has 0 aliphatic heterocycles. The molecule has 0 bridgehead atoms. The van der Waals surface area contributed by atoms with E-state index in [0.717, 1.165) is 21.4 Å². The number of hydrogen-bond acceptors (Lipinski definition) is 2. The molecule has 2 rings (SSSR count). The van der Waals surface area contributed by atoms with Crippen LogP contribution >= 0.6 is 27.5 Å². The van der Waals surface area contributed by atoms with Gasteiger partial charge < -0.3 is 9.73 Å². The molecule has 1 heterocycles. The largest absolute Gasteiger partial charge is 0.466 e. The third-order valence-corrected chi connectivity index (χ3v) is 4.35. The van der Waals surface area contributed by atoms with Crippen LogP contribution in [0.1, 0.15) is 33.0 Å². The van der Waals surface area contributed by atoms with Gasteiger partial charge in [-0.2, -0.15) is 0 Å². The summed E-state index contributed by atoms with van der Waals surface area (Å²) >= 11 is 9.52. The van der Waals surface area contributed by atoms with Gasteiger partial charge >= 0.3 is 0 Å². The van der Waals surface area contributed by atoms with E-state index in [1.807, 2.05) is 26.8 Å². The number of amides is 1. The lowest BCUT2D eigenvalue weighted by Crippen LogP contribution is -2.14. The van der Waals surface area contributed by atoms with Crippen molar-refractivity contribution in [1.82, 2.24) is 0 Å². The number of furan rings is 1. The minimum absolute atomic E-state index is 0.197. The summed E-state index contributed by atoms with van der Waals surface area (Å²) in [5.41, 5.74) is 3.02. The Balaban J connectivity index is 2.35. The predicted molar refractivity (Wildman–Crippen MR) is 84.8 cm³/mol. The van der Waals surface area contributed by atoms with E-state index in [4.69, 9.17) is 16.0 Å². The molecular formula is C15H15BrClNO2. The summed E-state index contributed by atoms with van der Waals surface area (Å²) in [6.45, 7) is 7.41. The van der Waals surface area contributed by atoms with Gasteiger partial charge in [0.15, 0.2) is 0 Å². The van der Waals surface area contributed by atoms with E-state index in [0.29, 0.717) is 22.0 Å². The maximum absolute atomic E-state index is 12.4. The van der Waals surface area contributed by atoms with Crippen LogP contribution in [0.2, 0.25) is 5.02 Å². The number of carbonyl (C=O) groups excluding carboxylic acids is 1. The molecule has 1 aromatic heterocycles. The molecule has 0 spiro atoms. The smallest absolute Gasteiger partial charge is 0.259 e. The highest BCUT2D eigenvalue weighted by molar-refractivity contribution is 9.10. The maximum atomic E-state index is 12.4. The van der Waals surface area contributed by atoms with E-state index in [9.17, 15) is 4.79 Å². The second-order valence-electron chi connectivity index (χ2n) is 4.75. The molecule has 106 valence electrons. The lowest BCUT2D eigenvalue weighted by Gasteiger charge is -2.09. The standard InChI is InChI=1S/C15H15BrClNO2/c1-7-5-11(16)13(6-12(7)17)18-15(19)14-8(2)9(3)20-10(14)4/h5-6H,1-4H3,(H,18,19). The molecule has 20 heavy (non-hydrogen) atoms. The molecule has 0 atom stereocenters. The quantitative estimate of drug-likeness (QED) is 0.805. The summed E-state index contributed by atoms with van der Waals surface area (Å²) in [4.78, 5) is 12.4. The summed E-state index contributed by atoms with van der Waals surface area (Å²) in [5, 5.41) is 3.47. The van der Waals surface area contributed by atoms with E-state index in [2.05, 4.69) is 21.2 Å². The molecule has 0 radical (unpaired) electrons. The summed E-state index contributed by atoms with van der Waals surface area (Å²) in [6.07, 6.45) is 0. The second-order valence-corrected chi connectivity index (χ2v) is 6.01. The van der Waals surface area contributed by atoms with Crippen LogP contribution in [0, 0.1) is 27.7 Å². The average molecular weight is 357 g/mol. The van der Waals surface area contributed by atoms with Crippen molar-refractivity contribution in [2.75, 3.05) is 5.32 Å². The van der Waals surface area contributed by atoms with Crippen molar-refractivity contribution in [2.45, 2.75) is 27.7 Å². The van der Waals surface area contributed by atoms with Crippen LogP contribution in [0.4, 0.5) is 5.69 Å². The van der Waals surface area contributed by atoms with Gasteiger partial charge in [0.1, 0.15) is 11.5 Å². The van der Waals surface area contributed by atoms with Crippen molar-refractivity contribution in [3.8, 4) is 0 Å². The van der Waals surface area contributed by atoms with Gasteiger partial charge in [-0.15, -0.1) is 0 Å². The van der Waals surface area contributed by atoms with Crippen molar-refractivity contribution in [3.63, 3.8) is 0 Å². The van der Waals surface area contributed by atoms with E-state index in [1.54, 1.807) is 13.0 Å². The van der Waals surface area contributed by atoms with Crippen LogP contribution in [0.3, 0.4) is 0 Å². The molecule has 3 nitrogen and oxygen atoms in total. The second kappa shape index (κ2) is 5.62. The summed E-state index contributed by atoms with van der Waals surface area (Å²) in [6, 6.07) is 3.61. The Morgan fingerprint density at radius 2 is 1.85 bits per heavy atom. The fraction of sp³-hybridized carbons (Fsp3) is 0.267. The van der Waals surface area contributed by atoms with E-state index in [1.165, 1.54) is 0 Å². The monoisotopic (exact) mass is 355 g/mol. The zero-order valence-corrected chi connectivity index (χ0v) is 14.1. The van der Waals surface area contributed by atoms with Crippen LogP contribution in [0.5, 0.6) is 0 Å². The number of nitrogens with one attached hydrogen (secondary N) is 1. The van der Waals surface area contributed by atoms with Crippen LogP contribution in [-0.4, -0.2) is 5.91 Å². The number of halogens is 2. The third-order valence-electron chi connectivity index (χ3n) is 3.28. The first-order chi connectivity index (χ1) is 9.31. The summed E-state index contributed by atoms with van der Waals surface area (Å²) in [7, 11) is 0. The van der Waals surface area contributed by atoms with E-state index in [-0.39, 0.29) is 5.91 Å². The van der Waals surface area contributed by atoms with Gasteiger partial charge in [0, 0.05) is 15.1 Å². The number of carbonyl (C=O) groups is 1. The molecule has 0 aliphatic rings. The van der Waals surface area contributed by atoms with Crippen molar-refractivity contribution in [2.24, 2.45) is 0 Å². The number of anilines is 1. The first-order valence-electron chi connectivity index (χ1n) is 6.15. The Labute approximate surface area is 131 Å². The minimum atomic E-state index is -0.197. The topological polar surface area (TPSA) is 42.2 Å². The Morgan fingerprint density at radius 1 is 1.20 bits per heavy atom. The van der Waals surface area contributed by atoms with Crippen LogP contribution < -0.4 is 5.32 Å². The lowest BCUT2D eigenvalue weighted by molar-refractivity contribution is 0.102. The zero-order valence-electron chi connectivity index (χ0n) is 11.7. The lowest BCUT2D eigenvalue weighted by atomic mass is 10.1. The Hall–Kier alpha value is -1.26. The highest BCUT2D eigenvalue weighted by atomic mass is 79.9. The molecule has 0 unspecified atom stereocenters. The predicted octanol–water partition coefficient (Wildman–Crippen LogP) is 5.18. The molecule has 0 fully saturated rings. The first kappa shape index (κ1) is 15.1.